The fraction of sp³-hybridized carbons (Fsp3) is 0.750. The monoisotopic (exact) mass is 135 g/mol. The van der Waals surface area contributed by atoms with Crippen molar-refractivity contribution in [2.24, 2.45) is 5.16 Å². The van der Waals surface area contributed by atoms with Crippen molar-refractivity contribution in [2.45, 2.75) is 13.8 Å². The normalized spacial score (nSPS) is 6.88. The molecule has 8 heavy (non-hydrogen) atoms. The first-order valence-electron chi connectivity index (χ1n) is 2.24. The Morgan fingerprint density at radius 3 is 1.75 bits per heavy atom. The summed E-state index contributed by atoms with van der Waals surface area (Å²) >= 11 is 0. The minimum Gasteiger partial charge on any atom is -0.431 e. The summed E-state index contributed by atoms with van der Waals surface area (Å²) in [5, 5.41) is 10.5. The van der Waals surface area contributed by atoms with Crippen LogP contribution < -0.4 is 0 Å². The molecule has 0 radical (unpaired) electrons. The molecule has 0 aromatic heterocycles. The Labute approximate surface area is 52.9 Å². The van der Waals surface area contributed by atoms with Crippen LogP contribution in [-0.4, -0.2) is 28.5 Å². The largest absolute Gasteiger partial charge is 0.431 e. The van der Waals surface area contributed by atoms with Crippen molar-refractivity contribution in [1.29, 1.82) is 0 Å². The number of hydrogen-bond acceptors (Lipinski definition) is 3. The molecule has 0 aliphatic heterocycles. The molecule has 0 saturated carbocycles. The lowest BCUT2D eigenvalue weighted by atomic mass is 10.5. The lowest BCUT2D eigenvalue weighted by Crippen LogP contribution is -1.74. The second kappa shape index (κ2) is 9.82. The zero-order valence-electron chi connectivity index (χ0n) is 5.80. The number of oxime groups is 1. The summed E-state index contributed by atoms with van der Waals surface area (Å²) in [7, 11) is 2.56. The van der Waals surface area contributed by atoms with Gasteiger partial charge < -0.3 is 9.63 Å². The van der Waals surface area contributed by atoms with E-state index in [1.54, 1.807) is 21.0 Å². The van der Waals surface area contributed by atoms with E-state index in [1.807, 2.05) is 0 Å². The zero-order chi connectivity index (χ0) is 6.99. The highest BCUT2D eigenvalue weighted by Crippen LogP contribution is 1.62. The van der Waals surface area contributed by atoms with Gasteiger partial charge in [0.1, 0.15) is 10.5 Å². The van der Waals surface area contributed by atoms with E-state index in [1.165, 1.54) is 0 Å². The van der Waals surface area contributed by atoms with Gasteiger partial charge in [-0.25, -0.2) is 0 Å². The molecule has 0 unspecified atom stereocenters. The van der Waals surface area contributed by atoms with E-state index in [2.05, 4.69) is 9.58 Å². The first kappa shape index (κ1) is 10.6. The van der Waals surface area contributed by atoms with Crippen LogP contribution in [0.25, 0.3) is 0 Å². The Morgan fingerprint density at radius 1 is 1.62 bits per heavy atom. The Morgan fingerprint density at radius 2 is 1.75 bits per heavy atom. The van der Waals surface area contributed by atoms with Gasteiger partial charge >= 0.3 is 0 Å². The summed E-state index contributed by atoms with van der Waals surface area (Å²) in [6.45, 7) is 3.44. The first-order chi connectivity index (χ1) is 3.68. The average molecular weight is 135 g/mol. The van der Waals surface area contributed by atoms with Crippen LogP contribution in [0.2, 0.25) is 0 Å². The number of hydrogen-bond donors (Lipinski definition) is 1. The third-order valence-electron chi connectivity index (χ3n) is 0.200. The predicted molar refractivity (Wildman–Crippen MR) is 37.5 cm³/mol. The van der Waals surface area contributed by atoms with Crippen molar-refractivity contribution >= 4 is 16.2 Å². The third kappa shape index (κ3) is 45.0. The van der Waals surface area contributed by atoms with E-state index >= 15 is 0 Å². The van der Waals surface area contributed by atoms with Gasteiger partial charge in [0.15, 0.2) is 0 Å². The summed E-state index contributed by atoms with van der Waals surface area (Å²) in [5.74, 6) is 0. The summed E-state index contributed by atoms with van der Waals surface area (Å²) < 4.78 is 4.39. The standard InChI is InChI=1S/C3H7NO.CH6OSi/c1-3(2)4-5;1-2-3/h5H,1-2H3;1,3H3. The number of rotatable bonds is 0. The molecule has 0 bridgehead atoms. The molecule has 50 valence electrons. The Balaban J connectivity index is 0. The Bertz CT molecular complexity index is 61.1. The van der Waals surface area contributed by atoms with Crippen LogP contribution >= 0.6 is 0 Å². The van der Waals surface area contributed by atoms with E-state index in [9.17, 15) is 0 Å². The fourth-order valence-corrected chi connectivity index (χ4v) is 0. The van der Waals surface area contributed by atoms with Crippen LogP contribution in [-0.2, 0) is 4.43 Å². The van der Waals surface area contributed by atoms with Crippen LogP contribution in [0.5, 0.6) is 0 Å². The first-order valence-corrected chi connectivity index (χ1v) is 3.06. The van der Waals surface area contributed by atoms with Crippen molar-refractivity contribution in [1.82, 2.24) is 0 Å². The lowest BCUT2D eigenvalue weighted by molar-refractivity contribution is 0.318. The van der Waals surface area contributed by atoms with Gasteiger partial charge in [-0.3, -0.25) is 0 Å². The van der Waals surface area contributed by atoms with Crippen molar-refractivity contribution in [3.8, 4) is 0 Å². The lowest BCUT2D eigenvalue weighted by Gasteiger charge is -1.72. The van der Waals surface area contributed by atoms with E-state index in [-0.39, 0.29) is 0 Å². The molecular formula is C4H13NO2Si. The predicted octanol–water partition coefficient (Wildman–Crippen LogP) is -0.230. The summed E-state index contributed by atoms with van der Waals surface area (Å²) in [4.78, 5) is 0. The van der Waals surface area contributed by atoms with Gasteiger partial charge in [0.2, 0.25) is 0 Å². The summed E-state index contributed by atoms with van der Waals surface area (Å²) in [5.41, 5.74) is 0.685. The van der Waals surface area contributed by atoms with E-state index in [0.29, 0.717) is 5.71 Å². The minimum atomic E-state index is 0.685. The zero-order valence-corrected chi connectivity index (χ0v) is 7.80. The molecule has 1 N–H and O–H groups in total. The highest BCUT2D eigenvalue weighted by Gasteiger charge is 1.65. The molecule has 0 atom stereocenters. The van der Waals surface area contributed by atoms with Gasteiger partial charge in [0.25, 0.3) is 0 Å². The van der Waals surface area contributed by atoms with Crippen LogP contribution in [0.4, 0.5) is 0 Å². The van der Waals surface area contributed by atoms with Gasteiger partial charge in [-0.15, -0.1) is 0 Å². The molecule has 0 rings (SSSR count). The van der Waals surface area contributed by atoms with Gasteiger partial charge in [0, 0.05) is 7.11 Å². The Kier molecular flexibility index (Phi) is 13.0. The second-order valence-corrected chi connectivity index (χ2v) is 2.27. The molecule has 0 amide bonds. The quantitative estimate of drug-likeness (QED) is 0.216. The van der Waals surface area contributed by atoms with Crippen molar-refractivity contribution < 1.29 is 9.63 Å². The van der Waals surface area contributed by atoms with Crippen molar-refractivity contribution in [2.75, 3.05) is 7.11 Å². The second-order valence-electron chi connectivity index (χ2n) is 1.46. The molecule has 0 aromatic carbocycles. The average Bonchev–Trinajstić information content (AvgIpc) is 1.69. The highest BCUT2D eigenvalue weighted by atomic mass is 28.2. The van der Waals surface area contributed by atoms with Gasteiger partial charge in [-0.05, 0) is 13.8 Å². The third-order valence-corrected chi connectivity index (χ3v) is 0.200. The molecule has 0 aromatic rings. The minimum absolute atomic E-state index is 0.685. The van der Waals surface area contributed by atoms with E-state index in [4.69, 9.17) is 5.21 Å². The van der Waals surface area contributed by atoms with Crippen molar-refractivity contribution in [3.63, 3.8) is 0 Å². The van der Waals surface area contributed by atoms with E-state index in [0.717, 1.165) is 10.5 Å². The van der Waals surface area contributed by atoms with Gasteiger partial charge in [-0.2, -0.15) is 0 Å². The molecule has 0 saturated heterocycles. The summed E-state index contributed by atoms with van der Waals surface area (Å²) in [6, 6.07) is 0. The molecule has 0 fully saturated rings. The summed E-state index contributed by atoms with van der Waals surface area (Å²) in [6.07, 6.45) is 0. The molecular weight excluding hydrogens is 122 g/mol. The van der Waals surface area contributed by atoms with Crippen molar-refractivity contribution in [3.05, 3.63) is 0 Å². The maximum atomic E-state index is 7.73. The van der Waals surface area contributed by atoms with Gasteiger partial charge in [-0.1, -0.05) is 5.16 Å². The fourth-order valence-electron chi connectivity index (χ4n) is 0. The van der Waals surface area contributed by atoms with Gasteiger partial charge in [0.05, 0.1) is 5.71 Å². The Hall–Kier alpha value is -0.353. The molecule has 0 spiro atoms. The van der Waals surface area contributed by atoms with Crippen LogP contribution in [0.15, 0.2) is 5.16 Å². The van der Waals surface area contributed by atoms with Crippen LogP contribution in [0.1, 0.15) is 13.8 Å². The SMILES string of the molecule is CC(C)=NO.CO[SiH3]. The van der Waals surface area contributed by atoms with Crippen LogP contribution in [0, 0.1) is 0 Å². The van der Waals surface area contributed by atoms with Crippen LogP contribution in [0.3, 0.4) is 0 Å². The molecule has 0 heterocycles. The maximum absolute atomic E-state index is 7.73. The van der Waals surface area contributed by atoms with E-state index < -0.39 is 0 Å². The topological polar surface area (TPSA) is 41.8 Å². The molecule has 0 aliphatic rings. The molecule has 4 heteroatoms. The maximum Gasteiger partial charge on any atom is 0.145 e. The molecule has 3 nitrogen and oxygen atoms in total. The number of nitrogens with zero attached hydrogens (tertiary/aromatic N) is 1. The highest BCUT2D eigenvalue weighted by molar-refractivity contribution is 5.97. The smallest absolute Gasteiger partial charge is 0.145 e. The molecule has 0 aliphatic carbocycles.